The molecule has 2 amide bonds. The Morgan fingerprint density at radius 1 is 1.11 bits per heavy atom. The van der Waals surface area contributed by atoms with Gasteiger partial charge in [-0.05, 0) is 30.3 Å². The minimum atomic E-state index is -0.414. The topological polar surface area (TPSA) is 128 Å². The summed E-state index contributed by atoms with van der Waals surface area (Å²) in [7, 11) is 0. The highest BCUT2D eigenvalue weighted by Gasteiger charge is 2.11. The van der Waals surface area contributed by atoms with Crippen molar-refractivity contribution in [2.24, 2.45) is 0 Å². The number of urea groups is 1. The van der Waals surface area contributed by atoms with Crippen molar-refractivity contribution in [3.05, 3.63) is 55.4 Å². The van der Waals surface area contributed by atoms with Gasteiger partial charge >= 0.3 is 6.03 Å². The van der Waals surface area contributed by atoms with Crippen LogP contribution in [0.2, 0.25) is 0 Å². The van der Waals surface area contributed by atoms with Crippen molar-refractivity contribution in [2.45, 2.75) is 0 Å². The molecule has 0 unspecified atom stereocenters. The van der Waals surface area contributed by atoms with Crippen LogP contribution in [0.15, 0.2) is 59.9 Å². The zero-order chi connectivity index (χ0) is 18.5. The van der Waals surface area contributed by atoms with Crippen LogP contribution in [0.3, 0.4) is 0 Å². The molecule has 0 aliphatic heterocycles. The maximum Gasteiger partial charge on any atom is 0.324 e. The van der Waals surface area contributed by atoms with Gasteiger partial charge in [-0.15, -0.1) is 0 Å². The maximum atomic E-state index is 11.9. The number of hydrogen-bond donors (Lipinski definition) is 2. The molecular weight excluding hydrogens is 370 g/mol. The number of anilines is 2. The average molecular weight is 381 g/mol. The van der Waals surface area contributed by atoms with Gasteiger partial charge in [0.15, 0.2) is 12.2 Å². The standard InChI is InChI=1S/C16H11N7O3S/c24-15(21-13-5-6-17-8-19-13)20-10-1-3-11(4-2-10)26-16-22-14(23-27-16)12-7-18-9-25-12/h1-9H,(H2,17,19,20,21,24). The Balaban J connectivity index is 1.35. The lowest BCUT2D eigenvalue weighted by molar-refractivity contribution is 0.262. The Bertz CT molecular complexity index is 1020. The fraction of sp³-hybridized carbons (Fsp3) is 0. The van der Waals surface area contributed by atoms with Crippen LogP contribution in [0.4, 0.5) is 16.3 Å². The smallest absolute Gasteiger partial charge is 0.324 e. The molecule has 0 radical (unpaired) electrons. The molecule has 0 atom stereocenters. The van der Waals surface area contributed by atoms with Gasteiger partial charge < -0.3 is 14.5 Å². The molecule has 10 nitrogen and oxygen atoms in total. The van der Waals surface area contributed by atoms with E-state index in [-0.39, 0.29) is 0 Å². The van der Waals surface area contributed by atoms with Gasteiger partial charge in [0.2, 0.25) is 5.82 Å². The first kappa shape index (κ1) is 16.6. The molecule has 3 heterocycles. The molecule has 2 N–H and O–H groups in total. The lowest BCUT2D eigenvalue weighted by atomic mass is 10.3. The van der Waals surface area contributed by atoms with Crippen LogP contribution in [0, 0.1) is 0 Å². The minimum Gasteiger partial charge on any atom is -0.440 e. The lowest BCUT2D eigenvalue weighted by Crippen LogP contribution is -2.19. The van der Waals surface area contributed by atoms with Gasteiger partial charge in [-0.2, -0.15) is 9.36 Å². The van der Waals surface area contributed by atoms with Gasteiger partial charge in [0.25, 0.3) is 5.19 Å². The van der Waals surface area contributed by atoms with E-state index in [4.69, 9.17) is 9.15 Å². The number of ether oxygens (including phenoxy) is 1. The first-order valence-corrected chi connectivity index (χ1v) is 8.38. The Morgan fingerprint density at radius 3 is 2.74 bits per heavy atom. The second-order valence-electron chi connectivity index (χ2n) is 5.05. The van der Waals surface area contributed by atoms with E-state index in [0.29, 0.717) is 34.0 Å². The second-order valence-corrected chi connectivity index (χ2v) is 5.76. The van der Waals surface area contributed by atoms with Crippen molar-refractivity contribution >= 4 is 29.1 Å². The highest BCUT2D eigenvalue weighted by Crippen LogP contribution is 2.27. The predicted molar refractivity (Wildman–Crippen MR) is 96.6 cm³/mol. The van der Waals surface area contributed by atoms with Gasteiger partial charge in [0.1, 0.15) is 17.9 Å². The Hall–Kier alpha value is -3.86. The number of nitrogens with zero attached hydrogens (tertiary/aromatic N) is 5. The maximum absolute atomic E-state index is 11.9. The molecule has 0 aliphatic carbocycles. The number of carbonyl (C=O) groups excluding carboxylic acids is 1. The summed E-state index contributed by atoms with van der Waals surface area (Å²) in [6.45, 7) is 0. The highest BCUT2D eigenvalue weighted by molar-refractivity contribution is 7.07. The fourth-order valence-corrected chi connectivity index (χ4v) is 2.58. The molecule has 0 spiro atoms. The highest BCUT2D eigenvalue weighted by atomic mass is 32.1. The van der Waals surface area contributed by atoms with E-state index in [1.54, 1.807) is 30.3 Å². The molecule has 4 aromatic rings. The summed E-state index contributed by atoms with van der Waals surface area (Å²) >= 11 is 1.10. The summed E-state index contributed by atoms with van der Waals surface area (Å²) in [5.41, 5.74) is 0.591. The molecule has 27 heavy (non-hydrogen) atoms. The van der Waals surface area contributed by atoms with E-state index in [1.807, 2.05) is 0 Å². The molecule has 0 bridgehead atoms. The summed E-state index contributed by atoms with van der Waals surface area (Å²) in [5.74, 6) is 1.83. The van der Waals surface area contributed by atoms with Crippen LogP contribution in [-0.2, 0) is 0 Å². The van der Waals surface area contributed by atoms with Gasteiger partial charge in [0, 0.05) is 23.4 Å². The number of carbonyl (C=O) groups is 1. The van der Waals surface area contributed by atoms with E-state index in [2.05, 4.69) is 34.9 Å². The number of nitrogens with one attached hydrogen (secondary N) is 2. The van der Waals surface area contributed by atoms with Crippen molar-refractivity contribution < 1.29 is 13.9 Å². The van der Waals surface area contributed by atoms with Crippen LogP contribution >= 0.6 is 11.5 Å². The minimum absolute atomic E-state index is 0.364. The fourth-order valence-electron chi connectivity index (χ4n) is 2.03. The van der Waals surface area contributed by atoms with E-state index in [0.717, 1.165) is 11.5 Å². The molecule has 11 heteroatoms. The third-order valence-corrected chi connectivity index (χ3v) is 3.80. The first-order valence-electron chi connectivity index (χ1n) is 7.61. The number of amides is 2. The number of benzene rings is 1. The molecular formula is C16H11N7O3S. The van der Waals surface area contributed by atoms with E-state index < -0.39 is 6.03 Å². The predicted octanol–water partition coefficient (Wildman–Crippen LogP) is 3.42. The molecule has 0 aliphatic rings. The van der Waals surface area contributed by atoms with Crippen molar-refractivity contribution in [1.29, 1.82) is 0 Å². The molecule has 0 saturated carbocycles. The van der Waals surface area contributed by atoms with Gasteiger partial charge in [-0.1, -0.05) is 0 Å². The van der Waals surface area contributed by atoms with Crippen LogP contribution in [0.1, 0.15) is 0 Å². The van der Waals surface area contributed by atoms with Crippen LogP contribution in [0.5, 0.6) is 10.9 Å². The summed E-state index contributed by atoms with van der Waals surface area (Å²) in [5, 5.41) is 5.66. The van der Waals surface area contributed by atoms with Crippen molar-refractivity contribution in [3.63, 3.8) is 0 Å². The first-order chi connectivity index (χ1) is 13.3. The van der Waals surface area contributed by atoms with Crippen LogP contribution < -0.4 is 15.4 Å². The SMILES string of the molecule is O=C(Nc1ccc(Oc2nc(-c3cnco3)ns2)cc1)Nc1ccncn1. The zero-order valence-electron chi connectivity index (χ0n) is 13.6. The third-order valence-electron chi connectivity index (χ3n) is 3.20. The lowest BCUT2D eigenvalue weighted by Gasteiger charge is -2.07. The molecule has 3 aromatic heterocycles. The third kappa shape index (κ3) is 4.22. The van der Waals surface area contributed by atoms with Crippen molar-refractivity contribution in [2.75, 3.05) is 10.6 Å². The van der Waals surface area contributed by atoms with Crippen molar-refractivity contribution in [3.8, 4) is 22.5 Å². The van der Waals surface area contributed by atoms with Crippen LogP contribution in [-0.4, -0.2) is 30.3 Å². The van der Waals surface area contributed by atoms with E-state index >= 15 is 0 Å². The van der Waals surface area contributed by atoms with Gasteiger partial charge in [-0.25, -0.2) is 19.7 Å². The Labute approximate surface area is 156 Å². The Kier molecular flexibility index (Phi) is 4.66. The normalized spacial score (nSPS) is 10.4. The second kappa shape index (κ2) is 7.58. The number of aromatic nitrogens is 5. The number of hydrogen-bond acceptors (Lipinski definition) is 9. The van der Waals surface area contributed by atoms with Gasteiger partial charge in [-0.3, -0.25) is 5.32 Å². The molecule has 1 aromatic carbocycles. The average Bonchev–Trinajstić information content (AvgIpc) is 3.36. The quantitative estimate of drug-likeness (QED) is 0.538. The summed E-state index contributed by atoms with van der Waals surface area (Å²) in [6, 6.07) is 7.99. The molecule has 4 rings (SSSR count). The van der Waals surface area contributed by atoms with E-state index in [9.17, 15) is 4.79 Å². The van der Waals surface area contributed by atoms with Crippen LogP contribution in [0.25, 0.3) is 11.6 Å². The van der Waals surface area contributed by atoms with Crippen molar-refractivity contribution in [1.82, 2.24) is 24.3 Å². The molecule has 0 saturated heterocycles. The monoisotopic (exact) mass is 381 g/mol. The Morgan fingerprint density at radius 2 is 2.00 bits per heavy atom. The summed E-state index contributed by atoms with van der Waals surface area (Å²) in [6.07, 6.45) is 5.72. The molecule has 134 valence electrons. The molecule has 0 fully saturated rings. The van der Waals surface area contributed by atoms with Gasteiger partial charge in [0.05, 0.1) is 6.20 Å². The largest absolute Gasteiger partial charge is 0.440 e. The summed E-state index contributed by atoms with van der Waals surface area (Å²) < 4.78 is 14.9. The number of rotatable bonds is 5. The van der Waals surface area contributed by atoms with E-state index in [1.165, 1.54) is 25.1 Å². The summed E-state index contributed by atoms with van der Waals surface area (Å²) in [4.78, 5) is 27.7. The zero-order valence-corrected chi connectivity index (χ0v) is 14.4. The number of oxazole rings is 1.